The molecule has 1 atom stereocenters. The van der Waals surface area contributed by atoms with Gasteiger partial charge in [0.15, 0.2) is 0 Å². The molecular formula is C15H20N4O. The highest BCUT2D eigenvalue weighted by Gasteiger charge is 2.34. The van der Waals surface area contributed by atoms with Crippen LogP contribution in [0.3, 0.4) is 0 Å². The van der Waals surface area contributed by atoms with Gasteiger partial charge in [-0.05, 0) is 38.0 Å². The van der Waals surface area contributed by atoms with Crippen molar-refractivity contribution in [2.75, 3.05) is 17.6 Å². The molecule has 1 aromatic carbocycles. The van der Waals surface area contributed by atoms with E-state index in [-0.39, 0.29) is 11.9 Å². The third-order valence-corrected chi connectivity index (χ3v) is 3.53. The zero-order valence-corrected chi connectivity index (χ0v) is 11.7. The number of rotatable bonds is 6. The predicted octanol–water partition coefficient (Wildman–Crippen LogP) is 1.97. The Labute approximate surface area is 119 Å². The number of nitrogens with zero attached hydrogens (tertiary/aromatic N) is 2. The van der Waals surface area contributed by atoms with E-state index >= 15 is 0 Å². The van der Waals surface area contributed by atoms with Gasteiger partial charge < -0.3 is 11.1 Å². The number of benzene rings is 1. The number of carbonyl (C=O) groups excluding carboxylic acids is 1. The maximum absolute atomic E-state index is 12.3. The molecule has 0 radical (unpaired) electrons. The molecule has 0 bridgehead atoms. The average molecular weight is 272 g/mol. The highest BCUT2D eigenvalue weighted by Crippen LogP contribution is 2.29. The van der Waals surface area contributed by atoms with Gasteiger partial charge in [0.05, 0.1) is 12.1 Å². The molecule has 1 aliphatic rings. The lowest BCUT2D eigenvalue weighted by atomic mass is 10.2. The van der Waals surface area contributed by atoms with Crippen molar-refractivity contribution >= 4 is 17.3 Å². The third kappa shape index (κ3) is 3.72. The fraction of sp³-hybridized carbons (Fsp3) is 0.467. The first kappa shape index (κ1) is 14.4. The lowest BCUT2D eigenvalue weighted by Crippen LogP contribution is -2.43. The van der Waals surface area contributed by atoms with Crippen LogP contribution in [-0.2, 0) is 4.79 Å². The average Bonchev–Trinajstić information content (AvgIpc) is 3.23. The zero-order chi connectivity index (χ0) is 14.5. The molecule has 0 heterocycles. The summed E-state index contributed by atoms with van der Waals surface area (Å²) in [6, 6.07) is 9.50. The van der Waals surface area contributed by atoms with E-state index in [9.17, 15) is 4.79 Å². The van der Waals surface area contributed by atoms with Gasteiger partial charge in [0.2, 0.25) is 5.91 Å². The number of nitrogens with two attached hydrogens (primary N) is 1. The number of hydrogen-bond acceptors (Lipinski definition) is 4. The number of nitrogens with one attached hydrogen (secondary N) is 1. The van der Waals surface area contributed by atoms with Gasteiger partial charge >= 0.3 is 0 Å². The van der Waals surface area contributed by atoms with Crippen LogP contribution in [0.25, 0.3) is 0 Å². The fourth-order valence-electron chi connectivity index (χ4n) is 2.29. The van der Waals surface area contributed by atoms with E-state index in [0.29, 0.717) is 30.4 Å². The molecule has 3 N–H and O–H groups in total. The quantitative estimate of drug-likeness (QED) is 0.776. The molecule has 2 rings (SSSR count). The van der Waals surface area contributed by atoms with Crippen LogP contribution in [0.1, 0.15) is 26.2 Å². The van der Waals surface area contributed by atoms with Crippen molar-refractivity contribution in [3.8, 4) is 6.07 Å². The van der Waals surface area contributed by atoms with Crippen molar-refractivity contribution < 1.29 is 4.79 Å². The van der Waals surface area contributed by atoms with Crippen LogP contribution in [0.4, 0.5) is 11.4 Å². The van der Waals surface area contributed by atoms with Crippen LogP contribution >= 0.6 is 0 Å². The lowest BCUT2D eigenvalue weighted by molar-refractivity contribution is -0.121. The first-order valence-corrected chi connectivity index (χ1v) is 6.91. The Morgan fingerprint density at radius 3 is 2.95 bits per heavy atom. The van der Waals surface area contributed by atoms with Crippen molar-refractivity contribution in [2.24, 2.45) is 0 Å². The SMILES string of the molecule is CC(C(=O)Nc1cccc(N)c1)N(CCC#N)C1CC1. The molecule has 0 aromatic heterocycles. The van der Waals surface area contributed by atoms with Gasteiger partial charge in [0, 0.05) is 30.4 Å². The summed E-state index contributed by atoms with van der Waals surface area (Å²) in [5.74, 6) is -0.0551. The van der Waals surface area contributed by atoms with E-state index < -0.39 is 0 Å². The zero-order valence-electron chi connectivity index (χ0n) is 11.7. The molecule has 5 nitrogen and oxygen atoms in total. The van der Waals surface area contributed by atoms with E-state index in [1.165, 1.54) is 0 Å². The molecular weight excluding hydrogens is 252 g/mol. The minimum absolute atomic E-state index is 0.0551. The van der Waals surface area contributed by atoms with Crippen molar-refractivity contribution in [3.63, 3.8) is 0 Å². The Morgan fingerprint density at radius 2 is 2.35 bits per heavy atom. The third-order valence-electron chi connectivity index (χ3n) is 3.53. The summed E-state index contributed by atoms with van der Waals surface area (Å²) in [6.07, 6.45) is 2.68. The molecule has 1 aromatic rings. The summed E-state index contributed by atoms with van der Waals surface area (Å²) in [6.45, 7) is 2.53. The van der Waals surface area contributed by atoms with Gasteiger partial charge in [0.25, 0.3) is 0 Å². The molecule has 106 valence electrons. The number of hydrogen-bond donors (Lipinski definition) is 2. The second-order valence-corrected chi connectivity index (χ2v) is 5.17. The van der Waals surface area contributed by atoms with Gasteiger partial charge in [-0.3, -0.25) is 9.69 Å². The number of nitrogen functional groups attached to an aromatic ring is 1. The summed E-state index contributed by atoms with van der Waals surface area (Å²) in [7, 11) is 0. The Bertz CT molecular complexity index is 519. The van der Waals surface area contributed by atoms with Crippen molar-refractivity contribution in [1.29, 1.82) is 5.26 Å². The standard InChI is InChI=1S/C15H20N4O/c1-11(19(9-3-8-16)14-6-7-14)15(20)18-13-5-2-4-12(17)10-13/h2,4-5,10-11,14H,3,6-7,9,17H2,1H3,(H,18,20). The maximum atomic E-state index is 12.3. The van der Waals surface area contributed by atoms with Crippen molar-refractivity contribution in [2.45, 2.75) is 38.3 Å². The van der Waals surface area contributed by atoms with E-state index in [0.717, 1.165) is 12.8 Å². The lowest BCUT2D eigenvalue weighted by Gasteiger charge is -2.27. The smallest absolute Gasteiger partial charge is 0.241 e. The highest BCUT2D eigenvalue weighted by atomic mass is 16.2. The molecule has 1 unspecified atom stereocenters. The molecule has 1 aliphatic carbocycles. The van der Waals surface area contributed by atoms with Crippen LogP contribution in [-0.4, -0.2) is 29.4 Å². The van der Waals surface area contributed by atoms with Gasteiger partial charge in [0.1, 0.15) is 0 Å². The molecule has 0 spiro atoms. The summed E-state index contributed by atoms with van der Waals surface area (Å²) in [5.41, 5.74) is 7.03. The minimum Gasteiger partial charge on any atom is -0.399 e. The Balaban J connectivity index is 1.98. The predicted molar refractivity (Wildman–Crippen MR) is 78.9 cm³/mol. The van der Waals surface area contributed by atoms with Crippen LogP contribution in [0.15, 0.2) is 24.3 Å². The highest BCUT2D eigenvalue weighted by molar-refractivity contribution is 5.94. The van der Waals surface area contributed by atoms with Crippen LogP contribution in [0.5, 0.6) is 0 Å². The number of anilines is 2. The van der Waals surface area contributed by atoms with Gasteiger partial charge in [-0.15, -0.1) is 0 Å². The monoisotopic (exact) mass is 272 g/mol. The van der Waals surface area contributed by atoms with Crippen molar-refractivity contribution in [1.82, 2.24) is 4.90 Å². The molecule has 1 fully saturated rings. The maximum Gasteiger partial charge on any atom is 0.241 e. The van der Waals surface area contributed by atoms with E-state index in [4.69, 9.17) is 11.0 Å². The van der Waals surface area contributed by atoms with Crippen LogP contribution in [0, 0.1) is 11.3 Å². The second-order valence-electron chi connectivity index (χ2n) is 5.17. The van der Waals surface area contributed by atoms with E-state index in [2.05, 4.69) is 16.3 Å². The largest absolute Gasteiger partial charge is 0.399 e. The van der Waals surface area contributed by atoms with Crippen LogP contribution in [0.2, 0.25) is 0 Å². The Kier molecular flexibility index (Phi) is 4.59. The summed E-state index contributed by atoms with van der Waals surface area (Å²) < 4.78 is 0. The van der Waals surface area contributed by atoms with Gasteiger partial charge in [-0.25, -0.2) is 0 Å². The summed E-state index contributed by atoms with van der Waals surface area (Å²) in [5, 5.41) is 11.6. The summed E-state index contributed by atoms with van der Waals surface area (Å²) >= 11 is 0. The summed E-state index contributed by atoms with van der Waals surface area (Å²) in [4.78, 5) is 14.4. The second kappa shape index (κ2) is 6.40. The molecule has 0 saturated heterocycles. The van der Waals surface area contributed by atoms with E-state index in [1.54, 1.807) is 12.1 Å². The molecule has 5 heteroatoms. The molecule has 0 aliphatic heterocycles. The molecule has 1 amide bonds. The van der Waals surface area contributed by atoms with Crippen LogP contribution < -0.4 is 11.1 Å². The first-order chi connectivity index (χ1) is 9.61. The first-order valence-electron chi connectivity index (χ1n) is 6.91. The van der Waals surface area contributed by atoms with Gasteiger partial charge in [-0.1, -0.05) is 6.07 Å². The molecule has 1 saturated carbocycles. The number of nitriles is 1. The number of carbonyl (C=O) groups is 1. The Hall–Kier alpha value is -2.06. The van der Waals surface area contributed by atoms with E-state index in [1.807, 2.05) is 19.1 Å². The number of amides is 1. The normalized spacial score (nSPS) is 15.7. The molecule has 20 heavy (non-hydrogen) atoms. The topological polar surface area (TPSA) is 82.2 Å². The van der Waals surface area contributed by atoms with Crippen molar-refractivity contribution in [3.05, 3.63) is 24.3 Å². The fourth-order valence-corrected chi connectivity index (χ4v) is 2.29. The van der Waals surface area contributed by atoms with Gasteiger partial charge in [-0.2, -0.15) is 5.26 Å². The Morgan fingerprint density at radius 1 is 1.60 bits per heavy atom. The minimum atomic E-state index is -0.239.